The van der Waals surface area contributed by atoms with Crippen molar-refractivity contribution in [3.63, 3.8) is 0 Å². The molecule has 6 nitrogen and oxygen atoms in total. The minimum atomic E-state index is -1.19. The van der Waals surface area contributed by atoms with Crippen molar-refractivity contribution in [3.05, 3.63) is 0 Å². The molecule has 6 heteroatoms. The number of hydrogen-bond donors (Lipinski definition) is 2. The molecule has 17 heavy (non-hydrogen) atoms. The summed E-state index contributed by atoms with van der Waals surface area (Å²) in [6, 6.07) is 0. The largest absolute Gasteiger partial charge is 0.480 e. The van der Waals surface area contributed by atoms with Gasteiger partial charge in [-0.1, -0.05) is 19.8 Å². The predicted octanol–water partition coefficient (Wildman–Crippen LogP) is 0.564. The average molecular weight is 243 g/mol. The molecule has 0 atom stereocenters. The Hall–Kier alpha value is -1.59. The SMILES string of the molecule is CC1(C(=O)N(CC(=O)O)CC(=O)O)CCCC1. The lowest BCUT2D eigenvalue weighted by Crippen LogP contribution is -2.46. The average Bonchev–Trinajstić information content (AvgIpc) is 2.63. The van der Waals surface area contributed by atoms with E-state index < -0.39 is 30.4 Å². The number of carboxylic acid groups (broad SMARTS) is 2. The molecule has 0 spiro atoms. The van der Waals surface area contributed by atoms with Gasteiger partial charge in [-0.05, 0) is 12.8 Å². The normalized spacial score (nSPS) is 17.7. The Labute approximate surface area is 99.2 Å². The molecule has 0 aromatic heterocycles. The number of amides is 1. The van der Waals surface area contributed by atoms with E-state index in [0.29, 0.717) is 12.8 Å². The standard InChI is InChI=1S/C11H17NO5/c1-11(4-2-3-5-11)10(17)12(6-8(13)14)7-9(15)16/h2-7H2,1H3,(H,13,14)(H,15,16). The van der Waals surface area contributed by atoms with E-state index in [0.717, 1.165) is 17.7 Å². The van der Waals surface area contributed by atoms with Gasteiger partial charge in [-0.2, -0.15) is 0 Å². The van der Waals surface area contributed by atoms with Crippen LogP contribution in [0.4, 0.5) is 0 Å². The van der Waals surface area contributed by atoms with Gasteiger partial charge in [-0.15, -0.1) is 0 Å². The first-order valence-corrected chi connectivity index (χ1v) is 5.58. The number of carboxylic acids is 2. The summed E-state index contributed by atoms with van der Waals surface area (Å²) in [6.07, 6.45) is 3.25. The van der Waals surface area contributed by atoms with Crippen LogP contribution in [0, 0.1) is 5.41 Å². The highest BCUT2D eigenvalue weighted by Gasteiger charge is 2.40. The van der Waals surface area contributed by atoms with Crippen LogP contribution in [0.5, 0.6) is 0 Å². The molecule has 0 aliphatic heterocycles. The lowest BCUT2D eigenvalue weighted by molar-refractivity contribution is -0.153. The second-order valence-corrected chi connectivity index (χ2v) is 4.72. The first-order valence-electron chi connectivity index (χ1n) is 5.58. The number of carbonyl (C=O) groups excluding carboxylic acids is 1. The van der Waals surface area contributed by atoms with Gasteiger partial charge in [-0.3, -0.25) is 14.4 Å². The Morgan fingerprint density at radius 1 is 1.06 bits per heavy atom. The molecule has 1 amide bonds. The molecule has 0 aromatic rings. The van der Waals surface area contributed by atoms with Crippen molar-refractivity contribution in [2.75, 3.05) is 13.1 Å². The van der Waals surface area contributed by atoms with E-state index in [1.807, 2.05) is 0 Å². The van der Waals surface area contributed by atoms with Crippen molar-refractivity contribution in [2.45, 2.75) is 32.6 Å². The minimum absolute atomic E-state index is 0.361. The van der Waals surface area contributed by atoms with E-state index in [4.69, 9.17) is 10.2 Å². The van der Waals surface area contributed by atoms with Crippen LogP contribution < -0.4 is 0 Å². The Morgan fingerprint density at radius 2 is 1.47 bits per heavy atom. The van der Waals surface area contributed by atoms with Gasteiger partial charge >= 0.3 is 11.9 Å². The maximum Gasteiger partial charge on any atom is 0.323 e. The molecule has 0 bridgehead atoms. The summed E-state index contributed by atoms with van der Waals surface area (Å²) in [7, 11) is 0. The van der Waals surface area contributed by atoms with Crippen molar-refractivity contribution >= 4 is 17.8 Å². The van der Waals surface area contributed by atoms with Crippen LogP contribution in [0.3, 0.4) is 0 Å². The minimum Gasteiger partial charge on any atom is -0.480 e. The monoisotopic (exact) mass is 243 g/mol. The van der Waals surface area contributed by atoms with Gasteiger partial charge in [0.25, 0.3) is 0 Å². The van der Waals surface area contributed by atoms with E-state index in [-0.39, 0.29) is 5.91 Å². The van der Waals surface area contributed by atoms with Crippen molar-refractivity contribution < 1.29 is 24.6 Å². The molecule has 0 heterocycles. The first kappa shape index (κ1) is 13.5. The van der Waals surface area contributed by atoms with Crippen LogP contribution in [0.1, 0.15) is 32.6 Å². The van der Waals surface area contributed by atoms with Crippen LogP contribution in [0.25, 0.3) is 0 Å². The third-order valence-electron chi connectivity index (χ3n) is 3.16. The topological polar surface area (TPSA) is 94.9 Å². The molecule has 0 aromatic carbocycles. The van der Waals surface area contributed by atoms with Crippen LogP contribution in [0.2, 0.25) is 0 Å². The molecule has 1 saturated carbocycles. The second kappa shape index (κ2) is 5.16. The van der Waals surface area contributed by atoms with Crippen molar-refractivity contribution in [1.29, 1.82) is 0 Å². The Morgan fingerprint density at radius 3 is 1.82 bits per heavy atom. The Bertz CT molecular complexity index is 317. The van der Waals surface area contributed by atoms with Crippen molar-refractivity contribution in [3.8, 4) is 0 Å². The molecule has 96 valence electrons. The second-order valence-electron chi connectivity index (χ2n) is 4.72. The van der Waals surface area contributed by atoms with Gasteiger partial charge in [0.15, 0.2) is 0 Å². The zero-order chi connectivity index (χ0) is 13.1. The highest BCUT2D eigenvalue weighted by Crippen LogP contribution is 2.39. The fourth-order valence-corrected chi connectivity index (χ4v) is 2.28. The quantitative estimate of drug-likeness (QED) is 0.735. The fraction of sp³-hybridized carbons (Fsp3) is 0.727. The lowest BCUT2D eigenvalue weighted by Gasteiger charge is -2.29. The van der Waals surface area contributed by atoms with Crippen molar-refractivity contribution in [1.82, 2.24) is 4.90 Å². The summed E-state index contributed by atoms with van der Waals surface area (Å²) in [5, 5.41) is 17.4. The third kappa shape index (κ3) is 3.44. The summed E-state index contributed by atoms with van der Waals surface area (Å²) in [4.78, 5) is 34.3. The molecular weight excluding hydrogens is 226 g/mol. The maximum atomic E-state index is 12.1. The smallest absolute Gasteiger partial charge is 0.323 e. The summed E-state index contributed by atoms with van der Waals surface area (Å²) < 4.78 is 0. The molecular formula is C11H17NO5. The zero-order valence-corrected chi connectivity index (χ0v) is 9.81. The summed E-state index contributed by atoms with van der Waals surface area (Å²) >= 11 is 0. The highest BCUT2D eigenvalue weighted by molar-refractivity contribution is 5.88. The van der Waals surface area contributed by atoms with E-state index >= 15 is 0 Å². The van der Waals surface area contributed by atoms with E-state index in [9.17, 15) is 14.4 Å². The van der Waals surface area contributed by atoms with Gasteiger partial charge in [-0.25, -0.2) is 0 Å². The molecule has 0 saturated heterocycles. The molecule has 1 rings (SSSR count). The van der Waals surface area contributed by atoms with Crippen LogP contribution >= 0.6 is 0 Å². The maximum absolute atomic E-state index is 12.1. The lowest BCUT2D eigenvalue weighted by atomic mass is 9.87. The molecule has 1 aliphatic rings. The first-order chi connectivity index (χ1) is 7.85. The van der Waals surface area contributed by atoms with Crippen LogP contribution in [-0.2, 0) is 14.4 Å². The van der Waals surface area contributed by atoms with E-state index in [1.54, 1.807) is 6.92 Å². The van der Waals surface area contributed by atoms with Gasteiger partial charge in [0.05, 0.1) is 0 Å². The Balaban J connectivity index is 2.77. The summed E-state index contributed by atoms with van der Waals surface area (Å²) in [5.74, 6) is -2.75. The number of aliphatic carboxylic acids is 2. The predicted molar refractivity (Wildman–Crippen MR) is 58.4 cm³/mol. The molecule has 2 N–H and O–H groups in total. The molecule has 1 fully saturated rings. The van der Waals surface area contributed by atoms with E-state index in [2.05, 4.69) is 0 Å². The highest BCUT2D eigenvalue weighted by atomic mass is 16.4. The van der Waals surface area contributed by atoms with Crippen molar-refractivity contribution in [2.24, 2.45) is 5.41 Å². The number of nitrogens with zero attached hydrogens (tertiary/aromatic N) is 1. The van der Waals surface area contributed by atoms with Crippen LogP contribution in [-0.4, -0.2) is 46.0 Å². The number of hydrogen-bond acceptors (Lipinski definition) is 3. The third-order valence-corrected chi connectivity index (χ3v) is 3.16. The fourth-order valence-electron chi connectivity index (χ4n) is 2.28. The van der Waals surface area contributed by atoms with Gasteiger partial charge in [0.2, 0.25) is 5.91 Å². The summed E-state index contributed by atoms with van der Waals surface area (Å²) in [6.45, 7) is 0.667. The van der Waals surface area contributed by atoms with Gasteiger partial charge in [0.1, 0.15) is 13.1 Å². The van der Waals surface area contributed by atoms with Crippen LogP contribution in [0.15, 0.2) is 0 Å². The van der Waals surface area contributed by atoms with E-state index in [1.165, 1.54) is 0 Å². The Kier molecular flexibility index (Phi) is 4.09. The molecule has 1 aliphatic carbocycles. The number of carbonyl (C=O) groups is 3. The number of rotatable bonds is 5. The van der Waals surface area contributed by atoms with Gasteiger partial charge in [0, 0.05) is 5.41 Å². The zero-order valence-electron chi connectivity index (χ0n) is 9.81. The van der Waals surface area contributed by atoms with Gasteiger partial charge < -0.3 is 15.1 Å². The summed E-state index contributed by atoms with van der Waals surface area (Å²) in [5.41, 5.74) is -0.592. The molecule has 0 radical (unpaired) electrons. The molecule has 0 unspecified atom stereocenters.